The van der Waals surface area contributed by atoms with Crippen molar-refractivity contribution in [1.29, 1.82) is 0 Å². The third-order valence-corrected chi connectivity index (χ3v) is 6.69. The van der Waals surface area contributed by atoms with E-state index in [1.165, 1.54) is 31.8 Å². The van der Waals surface area contributed by atoms with Crippen molar-refractivity contribution in [3.8, 4) is 0 Å². The average molecular weight is 331 g/mol. The van der Waals surface area contributed by atoms with Crippen molar-refractivity contribution < 1.29 is 18.4 Å². The zero-order chi connectivity index (χ0) is 16.8. The summed E-state index contributed by atoms with van der Waals surface area (Å²) in [4.78, 5) is 11.0. The molecule has 0 aliphatic rings. The second-order valence-electron chi connectivity index (χ2n) is 5.76. The van der Waals surface area contributed by atoms with E-state index in [-0.39, 0.29) is 12.1 Å². The first kappa shape index (κ1) is 21.3. The number of ether oxygens (including phenoxy) is 1. The van der Waals surface area contributed by atoms with Gasteiger partial charge in [-0.15, -0.1) is 0 Å². The molecule has 130 valence electrons. The molecule has 1 atom stereocenters. The van der Waals surface area contributed by atoms with Gasteiger partial charge in [-0.05, 0) is 46.2 Å². The van der Waals surface area contributed by atoms with Gasteiger partial charge in [0.05, 0.1) is 6.10 Å². The van der Waals surface area contributed by atoms with E-state index in [0.29, 0.717) is 0 Å². The Labute approximate surface area is 137 Å². The SMILES string of the molecule is C=CC(=O)OC(C)CCCCCCC[Si](C)(OCC)OCC. The van der Waals surface area contributed by atoms with Crippen LogP contribution >= 0.6 is 0 Å². The minimum atomic E-state index is -1.93. The zero-order valence-electron chi connectivity index (χ0n) is 14.9. The number of esters is 1. The van der Waals surface area contributed by atoms with Gasteiger partial charge in [-0.2, -0.15) is 0 Å². The summed E-state index contributed by atoms with van der Waals surface area (Å²) in [5.74, 6) is -0.330. The van der Waals surface area contributed by atoms with Crippen LogP contribution in [0.1, 0.15) is 59.3 Å². The predicted octanol–water partition coefficient (Wildman–Crippen LogP) is 4.59. The maximum Gasteiger partial charge on any atom is 0.334 e. The third-order valence-electron chi connectivity index (χ3n) is 3.62. The average Bonchev–Trinajstić information content (AvgIpc) is 2.46. The number of rotatable bonds is 14. The summed E-state index contributed by atoms with van der Waals surface area (Å²) in [5, 5.41) is 0. The largest absolute Gasteiger partial charge is 0.460 e. The molecule has 5 heteroatoms. The Balaban J connectivity index is 3.64. The normalized spacial score (nSPS) is 12.9. The van der Waals surface area contributed by atoms with Gasteiger partial charge in [-0.3, -0.25) is 0 Å². The molecule has 0 spiro atoms. The van der Waals surface area contributed by atoms with Crippen LogP contribution in [0.15, 0.2) is 12.7 Å². The highest BCUT2D eigenvalue weighted by Crippen LogP contribution is 2.19. The smallest absolute Gasteiger partial charge is 0.334 e. The molecule has 4 nitrogen and oxygen atoms in total. The van der Waals surface area contributed by atoms with Crippen molar-refractivity contribution in [2.24, 2.45) is 0 Å². The van der Waals surface area contributed by atoms with Crippen molar-refractivity contribution in [3.63, 3.8) is 0 Å². The fraction of sp³-hybridized carbons (Fsp3) is 0.824. The molecule has 1 unspecified atom stereocenters. The van der Waals surface area contributed by atoms with Gasteiger partial charge in [0, 0.05) is 19.3 Å². The van der Waals surface area contributed by atoms with Gasteiger partial charge in [0.1, 0.15) is 0 Å². The first-order valence-electron chi connectivity index (χ1n) is 8.58. The van der Waals surface area contributed by atoms with Gasteiger partial charge in [-0.1, -0.05) is 32.3 Å². The molecule has 0 saturated carbocycles. The van der Waals surface area contributed by atoms with Crippen molar-refractivity contribution in [2.45, 2.75) is 78.0 Å². The molecule has 0 radical (unpaired) electrons. The van der Waals surface area contributed by atoms with E-state index < -0.39 is 8.56 Å². The van der Waals surface area contributed by atoms with E-state index in [1.807, 2.05) is 20.8 Å². The van der Waals surface area contributed by atoms with Gasteiger partial charge < -0.3 is 13.6 Å². The van der Waals surface area contributed by atoms with E-state index in [1.54, 1.807) is 0 Å². The molecule has 0 amide bonds. The fourth-order valence-corrected chi connectivity index (χ4v) is 5.00. The third kappa shape index (κ3) is 11.0. The van der Waals surface area contributed by atoms with E-state index >= 15 is 0 Å². The summed E-state index contributed by atoms with van der Waals surface area (Å²) in [6.45, 7) is 13.0. The first-order valence-corrected chi connectivity index (χ1v) is 11.1. The molecule has 22 heavy (non-hydrogen) atoms. The maximum absolute atomic E-state index is 11.0. The minimum Gasteiger partial charge on any atom is -0.460 e. The molecule has 0 aromatic rings. The second kappa shape index (κ2) is 12.8. The van der Waals surface area contributed by atoms with Crippen molar-refractivity contribution in [1.82, 2.24) is 0 Å². The number of hydrogen-bond acceptors (Lipinski definition) is 4. The summed E-state index contributed by atoms with van der Waals surface area (Å²) < 4.78 is 16.8. The first-order chi connectivity index (χ1) is 10.5. The Bertz CT molecular complexity index is 301. The lowest BCUT2D eigenvalue weighted by Crippen LogP contribution is -2.38. The van der Waals surface area contributed by atoms with Crippen LogP contribution in [0, 0.1) is 0 Å². The highest BCUT2D eigenvalue weighted by molar-refractivity contribution is 6.66. The van der Waals surface area contributed by atoms with Crippen LogP contribution in [-0.4, -0.2) is 33.8 Å². The minimum absolute atomic E-state index is 0.0166. The Morgan fingerprint density at radius 2 is 1.64 bits per heavy atom. The molecule has 0 aromatic carbocycles. The van der Waals surface area contributed by atoms with Gasteiger partial charge >= 0.3 is 14.5 Å². The summed E-state index contributed by atoms with van der Waals surface area (Å²) in [7, 11) is -1.93. The van der Waals surface area contributed by atoms with Crippen LogP contribution in [0.25, 0.3) is 0 Å². The van der Waals surface area contributed by atoms with Crippen LogP contribution < -0.4 is 0 Å². The molecule has 0 rings (SSSR count). The molecule has 0 N–H and O–H groups in total. The van der Waals surface area contributed by atoms with Crippen molar-refractivity contribution in [3.05, 3.63) is 12.7 Å². The predicted molar refractivity (Wildman–Crippen MR) is 93.1 cm³/mol. The van der Waals surface area contributed by atoms with E-state index in [2.05, 4.69) is 13.1 Å². The quantitative estimate of drug-likeness (QED) is 0.202. The Morgan fingerprint density at radius 3 is 2.18 bits per heavy atom. The Hall–Kier alpha value is -0.653. The molecular formula is C17H34O4Si. The molecule has 0 heterocycles. The molecule has 0 bridgehead atoms. The van der Waals surface area contributed by atoms with Crippen LogP contribution in [0.5, 0.6) is 0 Å². The fourth-order valence-electron chi connectivity index (χ4n) is 2.51. The van der Waals surface area contributed by atoms with E-state index in [4.69, 9.17) is 13.6 Å². The number of hydrogen-bond donors (Lipinski definition) is 0. The van der Waals surface area contributed by atoms with Crippen LogP contribution in [0.3, 0.4) is 0 Å². The monoisotopic (exact) mass is 330 g/mol. The molecule has 0 aromatic heterocycles. The lowest BCUT2D eigenvalue weighted by atomic mass is 10.1. The highest BCUT2D eigenvalue weighted by Gasteiger charge is 2.29. The Kier molecular flexibility index (Phi) is 12.5. The van der Waals surface area contributed by atoms with Gasteiger partial charge in [0.15, 0.2) is 0 Å². The maximum atomic E-state index is 11.0. The Morgan fingerprint density at radius 1 is 1.09 bits per heavy atom. The summed E-state index contributed by atoms with van der Waals surface area (Å²) in [6.07, 6.45) is 7.99. The van der Waals surface area contributed by atoms with E-state index in [0.717, 1.165) is 32.1 Å². The van der Waals surface area contributed by atoms with E-state index in [9.17, 15) is 4.79 Å². The number of carbonyl (C=O) groups excluding carboxylic acids is 1. The highest BCUT2D eigenvalue weighted by atomic mass is 28.4. The topological polar surface area (TPSA) is 44.8 Å². The molecular weight excluding hydrogens is 296 g/mol. The van der Waals surface area contributed by atoms with Crippen LogP contribution in [0.4, 0.5) is 0 Å². The van der Waals surface area contributed by atoms with Gasteiger partial charge in [0.2, 0.25) is 0 Å². The second-order valence-corrected chi connectivity index (χ2v) is 9.10. The summed E-state index contributed by atoms with van der Waals surface area (Å²) in [6, 6.07) is 1.07. The molecule has 0 aliphatic heterocycles. The zero-order valence-corrected chi connectivity index (χ0v) is 15.9. The van der Waals surface area contributed by atoms with Crippen LogP contribution in [-0.2, 0) is 18.4 Å². The summed E-state index contributed by atoms with van der Waals surface area (Å²) in [5.41, 5.74) is 0. The number of unbranched alkanes of at least 4 members (excludes halogenated alkanes) is 4. The lowest BCUT2D eigenvalue weighted by molar-refractivity contribution is -0.142. The lowest BCUT2D eigenvalue weighted by Gasteiger charge is -2.25. The van der Waals surface area contributed by atoms with Gasteiger partial charge in [0.25, 0.3) is 0 Å². The van der Waals surface area contributed by atoms with Crippen molar-refractivity contribution >= 4 is 14.5 Å². The number of carbonyl (C=O) groups is 1. The molecule has 0 aliphatic carbocycles. The molecule has 0 saturated heterocycles. The van der Waals surface area contributed by atoms with Crippen molar-refractivity contribution in [2.75, 3.05) is 13.2 Å². The van der Waals surface area contributed by atoms with Gasteiger partial charge in [-0.25, -0.2) is 4.79 Å². The molecule has 0 fully saturated rings. The summed E-state index contributed by atoms with van der Waals surface area (Å²) >= 11 is 0. The van der Waals surface area contributed by atoms with Crippen LogP contribution in [0.2, 0.25) is 12.6 Å². The standard InChI is InChI=1S/C17H34O4Si/c1-6-17(18)21-16(4)14-12-10-9-11-13-15-22(5,19-7-2)20-8-3/h6,16H,1,7-15H2,2-5H3.